The molecule has 0 aliphatic rings. The summed E-state index contributed by atoms with van der Waals surface area (Å²) in [5.41, 5.74) is 4.61. The topological polar surface area (TPSA) is 62.7 Å². The van der Waals surface area contributed by atoms with Gasteiger partial charge in [-0.05, 0) is 47.5 Å². The van der Waals surface area contributed by atoms with E-state index >= 15 is 0 Å². The first kappa shape index (κ1) is 27.1. The second-order valence-electron chi connectivity index (χ2n) is 10.5. The summed E-state index contributed by atoms with van der Waals surface area (Å²) < 4.78 is 12.4. The van der Waals surface area contributed by atoms with Crippen LogP contribution >= 0.6 is 0 Å². The van der Waals surface area contributed by atoms with Crippen molar-refractivity contribution in [1.82, 2.24) is 28.9 Å². The van der Waals surface area contributed by atoms with Crippen LogP contribution in [0.5, 0.6) is 11.5 Å². The van der Waals surface area contributed by atoms with Crippen molar-refractivity contribution < 1.29 is 25.8 Å². The van der Waals surface area contributed by atoms with Gasteiger partial charge < -0.3 is 9.30 Å². The van der Waals surface area contributed by atoms with E-state index < -0.39 is 0 Å². The maximum Gasteiger partial charge on any atom is 2.00 e. The van der Waals surface area contributed by atoms with Crippen LogP contribution in [0.15, 0.2) is 134 Å². The Labute approximate surface area is 272 Å². The molecular weight excluding hydrogens is 740 g/mol. The van der Waals surface area contributed by atoms with Crippen LogP contribution in [-0.2, 0) is 21.1 Å². The number of para-hydroxylation sites is 2. The van der Waals surface area contributed by atoms with Gasteiger partial charge in [0.15, 0.2) is 5.65 Å². The Bertz CT molecular complexity index is 2480. The number of nitrogens with zero attached hydrogens (tertiary/aromatic N) is 6. The van der Waals surface area contributed by atoms with Crippen molar-refractivity contribution in [2.75, 3.05) is 0 Å². The molecule has 0 spiro atoms. The Morgan fingerprint density at radius 2 is 1.18 bits per heavy atom. The fourth-order valence-electron chi connectivity index (χ4n) is 5.98. The molecule has 0 radical (unpaired) electrons. The molecular formula is C37H22N6OPt. The molecule has 7 nitrogen and oxygen atoms in total. The van der Waals surface area contributed by atoms with E-state index in [4.69, 9.17) is 9.84 Å². The van der Waals surface area contributed by atoms with E-state index in [2.05, 4.69) is 67.6 Å². The van der Waals surface area contributed by atoms with E-state index in [1.165, 1.54) is 0 Å². The van der Waals surface area contributed by atoms with Crippen LogP contribution in [-0.4, -0.2) is 28.9 Å². The largest absolute Gasteiger partial charge is 2.00 e. The van der Waals surface area contributed by atoms with E-state index in [-0.39, 0.29) is 21.1 Å². The molecule has 8 heteroatoms. The van der Waals surface area contributed by atoms with Gasteiger partial charge in [-0.3, -0.25) is 9.25 Å². The monoisotopic (exact) mass is 761 g/mol. The number of benzene rings is 4. The third-order valence-corrected chi connectivity index (χ3v) is 7.87. The standard InChI is InChI=1S/C37H22N6O.Pt/c1-3-14-32-28(12-1)30-19-18-27(23-34(30)42(32)35-16-5-7-20-38-35)44-26-11-9-10-25(22-26)41-24-31-29-13-2-4-15-33(29)43(37(31)40-41)36-17-6-8-21-39-36;/h1-21,24H;/q-2;+2. The smallest absolute Gasteiger partial charge is 0.509 e. The number of hydrogen-bond donors (Lipinski definition) is 0. The van der Waals surface area contributed by atoms with Gasteiger partial charge >= 0.3 is 21.1 Å². The van der Waals surface area contributed by atoms with E-state index in [1.54, 1.807) is 12.4 Å². The minimum Gasteiger partial charge on any atom is -0.509 e. The Hall–Kier alpha value is -5.52. The Morgan fingerprint density at radius 1 is 0.533 bits per heavy atom. The van der Waals surface area contributed by atoms with Crippen molar-refractivity contribution in [2.24, 2.45) is 0 Å². The fourth-order valence-corrected chi connectivity index (χ4v) is 5.98. The van der Waals surface area contributed by atoms with Crippen molar-refractivity contribution in [2.45, 2.75) is 0 Å². The minimum atomic E-state index is 0. The Balaban J connectivity index is 0.00000300. The number of hydrogen-bond acceptors (Lipinski definition) is 4. The predicted molar refractivity (Wildman–Crippen MR) is 172 cm³/mol. The number of aromatic nitrogens is 6. The van der Waals surface area contributed by atoms with Crippen molar-refractivity contribution in [3.63, 3.8) is 0 Å². The van der Waals surface area contributed by atoms with Crippen molar-refractivity contribution in [3.8, 4) is 28.8 Å². The summed E-state index contributed by atoms with van der Waals surface area (Å²) in [6.45, 7) is 0. The maximum absolute atomic E-state index is 6.35. The molecule has 216 valence electrons. The van der Waals surface area contributed by atoms with Crippen LogP contribution in [0, 0.1) is 12.1 Å². The van der Waals surface area contributed by atoms with Gasteiger partial charge in [-0.25, -0.2) is 9.97 Å². The summed E-state index contributed by atoms with van der Waals surface area (Å²) in [6, 6.07) is 45.1. The second-order valence-corrected chi connectivity index (χ2v) is 10.5. The van der Waals surface area contributed by atoms with Gasteiger partial charge in [0.1, 0.15) is 11.6 Å². The molecule has 0 bridgehead atoms. The molecule has 9 aromatic rings. The first-order chi connectivity index (χ1) is 21.8. The van der Waals surface area contributed by atoms with Gasteiger partial charge in [0.05, 0.1) is 5.52 Å². The molecule has 0 fully saturated rings. The predicted octanol–water partition coefficient (Wildman–Crippen LogP) is 8.25. The third kappa shape index (κ3) is 4.43. The summed E-state index contributed by atoms with van der Waals surface area (Å²) in [7, 11) is 0. The molecule has 0 aliphatic heterocycles. The normalized spacial score (nSPS) is 11.4. The zero-order valence-corrected chi connectivity index (χ0v) is 25.9. The number of ether oxygens (including phenoxy) is 1. The quantitative estimate of drug-likeness (QED) is 0.166. The number of rotatable bonds is 5. The van der Waals surface area contributed by atoms with Crippen molar-refractivity contribution >= 4 is 43.7 Å². The summed E-state index contributed by atoms with van der Waals surface area (Å²) in [5, 5.41) is 9.35. The van der Waals surface area contributed by atoms with Crippen LogP contribution in [0.3, 0.4) is 0 Å². The van der Waals surface area contributed by atoms with Crippen LogP contribution in [0.25, 0.3) is 61.1 Å². The maximum atomic E-state index is 6.35. The van der Waals surface area contributed by atoms with Crippen LogP contribution in [0.2, 0.25) is 0 Å². The zero-order valence-electron chi connectivity index (χ0n) is 23.6. The molecule has 4 aromatic carbocycles. The van der Waals surface area contributed by atoms with Gasteiger partial charge in [0.2, 0.25) is 0 Å². The zero-order chi connectivity index (χ0) is 29.0. The summed E-state index contributed by atoms with van der Waals surface area (Å²) in [4.78, 5) is 9.22. The molecule has 5 aromatic heterocycles. The number of fused-ring (bicyclic) bond motifs is 6. The molecule has 0 amide bonds. The molecule has 0 saturated heterocycles. The molecule has 0 unspecified atom stereocenters. The van der Waals surface area contributed by atoms with Gasteiger partial charge in [0.25, 0.3) is 0 Å². The van der Waals surface area contributed by atoms with E-state index in [1.807, 2.05) is 89.7 Å². The average molecular weight is 762 g/mol. The first-order valence-electron chi connectivity index (χ1n) is 14.3. The fraction of sp³-hybridized carbons (Fsp3) is 0. The Kier molecular flexibility index (Phi) is 6.54. The molecule has 0 saturated carbocycles. The molecule has 5 heterocycles. The number of pyridine rings is 2. The SMILES string of the molecule is [Pt+2].[c-]1c(Oc2[c-]c3c(cc2)c2ccccc2n3-c2ccccn2)cccc1-n1cc2c3ccccc3n(-c3ccccn3)c2n1. The van der Waals surface area contributed by atoms with Gasteiger partial charge in [0, 0.05) is 46.4 Å². The van der Waals surface area contributed by atoms with Gasteiger partial charge in [-0.1, -0.05) is 54.0 Å². The van der Waals surface area contributed by atoms with E-state index in [0.29, 0.717) is 11.5 Å². The molecule has 0 aliphatic carbocycles. The van der Waals surface area contributed by atoms with E-state index in [9.17, 15) is 0 Å². The molecule has 45 heavy (non-hydrogen) atoms. The Morgan fingerprint density at radius 3 is 1.91 bits per heavy atom. The van der Waals surface area contributed by atoms with Crippen LogP contribution in [0.1, 0.15) is 0 Å². The van der Waals surface area contributed by atoms with Gasteiger partial charge in [-0.2, -0.15) is 17.2 Å². The second kappa shape index (κ2) is 10.9. The molecule has 0 N–H and O–H groups in total. The van der Waals surface area contributed by atoms with Crippen LogP contribution in [0.4, 0.5) is 0 Å². The molecule has 0 atom stereocenters. The first-order valence-corrected chi connectivity index (χ1v) is 14.3. The van der Waals surface area contributed by atoms with Gasteiger partial charge in [-0.15, -0.1) is 35.7 Å². The minimum absolute atomic E-state index is 0. The van der Waals surface area contributed by atoms with E-state index in [0.717, 1.165) is 61.1 Å². The summed E-state index contributed by atoms with van der Waals surface area (Å²) >= 11 is 0. The van der Waals surface area contributed by atoms with Crippen molar-refractivity contribution in [1.29, 1.82) is 0 Å². The summed E-state index contributed by atoms with van der Waals surface area (Å²) in [6.07, 6.45) is 5.64. The summed E-state index contributed by atoms with van der Waals surface area (Å²) in [5.74, 6) is 2.80. The average Bonchev–Trinajstić information content (AvgIpc) is 3.74. The van der Waals surface area contributed by atoms with Crippen molar-refractivity contribution in [3.05, 3.63) is 146 Å². The molecule has 9 rings (SSSR count). The third-order valence-electron chi connectivity index (χ3n) is 7.87. The van der Waals surface area contributed by atoms with Crippen LogP contribution < -0.4 is 4.74 Å².